The van der Waals surface area contributed by atoms with Gasteiger partial charge in [0.2, 0.25) is 0 Å². The van der Waals surface area contributed by atoms with Crippen molar-refractivity contribution in [3.63, 3.8) is 0 Å². The van der Waals surface area contributed by atoms with Crippen molar-refractivity contribution in [2.24, 2.45) is 0 Å². The Bertz CT molecular complexity index is 189. The Morgan fingerprint density at radius 3 is 2.50 bits per heavy atom. The number of hydrogen-bond acceptors (Lipinski definition) is 3. The van der Waals surface area contributed by atoms with E-state index in [1.54, 1.807) is 0 Å². The molecule has 1 heterocycles. The van der Waals surface area contributed by atoms with Gasteiger partial charge in [-0.1, -0.05) is 0 Å². The van der Waals surface area contributed by atoms with Crippen molar-refractivity contribution >= 4 is 0 Å². The summed E-state index contributed by atoms with van der Waals surface area (Å²) in [6.45, 7) is 12.1. The summed E-state index contributed by atoms with van der Waals surface area (Å²) in [6.07, 6.45) is 6.42. The Hall–Kier alpha value is -0.120. The second kappa shape index (κ2) is 9.76. The molecule has 1 N–H and O–H groups in total. The van der Waals surface area contributed by atoms with E-state index in [4.69, 9.17) is 4.74 Å². The van der Waals surface area contributed by atoms with Gasteiger partial charge in [0.1, 0.15) is 0 Å². The third kappa shape index (κ3) is 6.72. The molecule has 0 aromatic carbocycles. The molecule has 1 aliphatic rings. The van der Waals surface area contributed by atoms with Crippen LogP contribution in [0.25, 0.3) is 0 Å². The van der Waals surface area contributed by atoms with E-state index in [1.165, 1.54) is 51.7 Å². The minimum absolute atomic E-state index is 0.713. The monoisotopic (exact) mass is 256 g/mol. The minimum Gasteiger partial charge on any atom is -0.382 e. The summed E-state index contributed by atoms with van der Waals surface area (Å²) in [5.74, 6) is 0. The molecule has 0 aromatic heterocycles. The molecular weight excluding hydrogens is 224 g/mol. The van der Waals surface area contributed by atoms with Crippen LogP contribution in [0.4, 0.5) is 0 Å². The SMILES string of the molecule is CCOCCCCCNC1CCN(C(C)C)CC1. The zero-order chi connectivity index (χ0) is 13.2. The van der Waals surface area contributed by atoms with Crippen molar-refractivity contribution in [2.75, 3.05) is 32.8 Å². The molecule has 1 rings (SSSR count). The van der Waals surface area contributed by atoms with E-state index < -0.39 is 0 Å². The van der Waals surface area contributed by atoms with Gasteiger partial charge in [-0.3, -0.25) is 0 Å². The van der Waals surface area contributed by atoms with Crippen LogP contribution in [0.2, 0.25) is 0 Å². The molecule has 108 valence electrons. The average molecular weight is 256 g/mol. The molecule has 0 amide bonds. The third-order valence-electron chi connectivity index (χ3n) is 3.86. The lowest BCUT2D eigenvalue weighted by Gasteiger charge is -2.35. The van der Waals surface area contributed by atoms with Gasteiger partial charge in [-0.25, -0.2) is 0 Å². The topological polar surface area (TPSA) is 24.5 Å². The molecule has 0 saturated carbocycles. The van der Waals surface area contributed by atoms with Crippen LogP contribution in [0.5, 0.6) is 0 Å². The van der Waals surface area contributed by atoms with Crippen LogP contribution in [-0.4, -0.2) is 49.8 Å². The fourth-order valence-electron chi connectivity index (χ4n) is 2.58. The van der Waals surface area contributed by atoms with Gasteiger partial charge in [-0.05, 0) is 72.5 Å². The Kier molecular flexibility index (Phi) is 8.64. The Balaban J connectivity index is 1.91. The van der Waals surface area contributed by atoms with Crippen LogP contribution < -0.4 is 5.32 Å². The van der Waals surface area contributed by atoms with Crippen molar-refractivity contribution in [2.45, 2.75) is 65.0 Å². The first-order chi connectivity index (χ1) is 8.74. The zero-order valence-corrected chi connectivity index (χ0v) is 12.6. The van der Waals surface area contributed by atoms with Crippen molar-refractivity contribution < 1.29 is 4.74 Å². The lowest BCUT2D eigenvalue weighted by atomic mass is 10.0. The van der Waals surface area contributed by atoms with Gasteiger partial charge in [0, 0.05) is 25.3 Å². The van der Waals surface area contributed by atoms with Crippen molar-refractivity contribution in [3.8, 4) is 0 Å². The maximum Gasteiger partial charge on any atom is 0.0465 e. The second-order valence-corrected chi connectivity index (χ2v) is 5.62. The highest BCUT2D eigenvalue weighted by Crippen LogP contribution is 2.12. The number of hydrogen-bond donors (Lipinski definition) is 1. The summed E-state index contributed by atoms with van der Waals surface area (Å²) in [7, 11) is 0. The first-order valence-corrected chi connectivity index (χ1v) is 7.79. The van der Waals surface area contributed by atoms with E-state index in [1.807, 2.05) is 0 Å². The van der Waals surface area contributed by atoms with E-state index in [2.05, 4.69) is 31.0 Å². The molecule has 18 heavy (non-hydrogen) atoms. The Labute approximate surface area is 113 Å². The molecular formula is C15H32N2O. The summed E-state index contributed by atoms with van der Waals surface area (Å²) in [4.78, 5) is 2.58. The van der Waals surface area contributed by atoms with Crippen LogP contribution in [-0.2, 0) is 4.74 Å². The first kappa shape index (κ1) is 15.9. The normalized spacial score (nSPS) is 18.7. The number of nitrogens with one attached hydrogen (secondary N) is 1. The van der Waals surface area contributed by atoms with Crippen LogP contribution in [0, 0.1) is 0 Å². The van der Waals surface area contributed by atoms with E-state index >= 15 is 0 Å². The summed E-state index contributed by atoms with van der Waals surface area (Å²) >= 11 is 0. The largest absolute Gasteiger partial charge is 0.382 e. The quantitative estimate of drug-likeness (QED) is 0.642. The summed E-state index contributed by atoms with van der Waals surface area (Å²) in [5, 5.41) is 3.70. The van der Waals surface area contributed by atoms with E-state index in [0.29, 0.717) is 6.04 Å². The maximum atomic E-state index is 5.34. The number of nitrogens with zero attached hydrogens (tertiary/aromatic N) is 1. The molecule has 1 fully saturated rings. The standard InChI is InChI=1S/C15H32N2O/c1-4-18-13-7-5-6-10-16-15-8-11-17(12-9-15)14(2)3/h14-16H,4-13H2,1-3H3. The predicted molar refractivity (Wildman–Crippen MR) is 78.1 cm³/mol. The predicted octanol–water partition coefficient (Wildman–Crippen LogP) is 2.66. The molecule has 0 unspecified atom stereocenters. The van der Waals surface area contributed by atoms with Crippen LogP contribution in [0.1, 0.15) is 52.9 Å². The number of unbranched alkanes of at least 4 members (excludes halogenated alkanes) is 2. The Morgan fingerprint density at radius 2 is 1.89 bits per heavy atom. The highest BCUT2D eigenvalue weighted by atomic mass is 16.5. The van der Waals surface area contributed by atoms with Crippen LogP contribution in [0.3, 0.4) is 0 Å². The third-order valence-corrected chi connectivity index (χ3v) is 3.86. The van der Waals surface area contributed by atoms with Crippen molar-refractivity contribution in [1.82, 2.24) is 10.2 Å². The molecule has 1 saturated heterocycles. The number of piperidine rings is 1. The van der Waals surface area contributed by atoms with Gasteiger partial charge in [-0.2, -0.15) is 0 Å². The molecule has 3 heteroatoms. The zero-order valence-electron chi connectivity index (χ0n) is 12.6. The molecule has 0 aromatic rings. The highest BCUT2D eigenvalue weighted by Gasteiger charge is 2.19. The summed E-state index contributed by atoms with van der Waals surface area (Å²) < 4.78 is 5.34. The molecule has 0 aliphatic carbocycles. The van der Waals surface area contributed by atoms with Gasteiger partial charge < -0.3 is 15.0 Å². The lowest BCUT2D eigenvalue weighted by Crippen LogP contribution is -2.45. The first-order valence-electron chi connectivity index (χ1n) is 7.79. The number of rotatable bonds is 9. The van der Waals surface area contributed by atoms with Crippen molar-refractivity contribution in [3.05, 3.63) is 0 Å². The molecule has 0 spiro atoms. The van der Waals surface area contributed by atoms with Gasteiger partial charge in [0.05, 0.1) is 0 Å². The summed E-state index contributed by atoms with van der Waals surface area (Å²) in [5.41, 5.74) is 0. The molecule has 3 nitrogen and oxygen atoms in total. The second-order valence-electron chi connectivity index (χ2n) is 5.62. The lowest BCUT2D eigenvalue weighted by molar-refractivity contribution is 0.142. The molecule has 0 radical (unpaired) electrons. The molecule has 1 aliphatic heterocycles. The number of ether oxygens (including phenoxy) is 1. The molecule has 0 atom stereocenters. The van der Waals surface area contributed by atoms with E-state index in [0.717, 1.165) is 19.3 Å². The van der Waals surface area contributed by atoms with E-state index in [-0.39, 0.29) is 0 Å². The van der Waals surface area contributed by atoms with Gasteiger partial charge >= 0.3 is 0 Å². The average Bonchev–Trinajstić information content (AvgIpc) is 2.38. The highest BCUT2D eigenvalue weighted by molar-refractivity contribution is 4.78. The van der Waals surface area contributed by atoms with Crippen LogP contribution in [0.15, 0.2) is 0 Å². The van der Waals surface area contributed by atoms with Gasteiger partial charge in [0.25, 0.3) is 0 Å². The minimum atomic E-state index is 0.713. The van der Waals surface area contributed by atoms with E-state index in [9.17, 15) is 0 Å². The Morgan fingerprint density at radius 1 is 1.17 bits per heavy atom. The molecule has 0 bridgehead atoms. The summed E-state index contributed by atoms with van der Waals surface area (Å²) in [6, 6.07) is 1.47. The fourth-order valence-corrected chi connectivity index (χ4v) is 2.58. The smallest absolute Gasteiger partial charge is 0.0465 e. The van der Waals surface area contributed by atoms with Crippen molar-refractivity contribution in [1.29, 1.82) is 0 Å². The van der Waals surface area contributed by atoms with Gasteiger partial charge in [0.15, 0.2) is 0 Å². The fraction of sp³-hybridized carbons (Fsp3) is 1.00. The maximum absolute atomic E-state index is 5.34. The van der Waals surface area contributed by atoms with Gasteiger partial charge in [-0.15, -0.1) is 0 Å². The van der Waals surface area contributed by atoms with Crippen LogP contribution >= 0.6 is 0 Å². The number of likely N-dealkylation sites (tertiary alicyclic amines) is 1.